The summed E-state index contributed by atoms with van der Waals surface area (Å²) in [5.74, 6) is -0.0131. The lowest BCUT2D eigenvalue weighted by molar-refractivity contribution is -0.122. The van der Waals surface area contributed by atoms with Crippen molar-refractivity contribution in [2.45, 2.75) is 43.7 Å². The molecule has 0 radical (unpaired) electrons. The topological polar surface area (TPSA) is 61.4 Å². The summed E-state index contributed by atoms with van der Waals surface area (Å²) in [7, 11) is 0. The fourth-order valence-corrected chi connectivity index (χ4v) is 4.48. The molecule has 2 saturated heterocycles. The van der Waals surface area contributed by atoms with Gasteiger partial charge < -0.3 is 15.5 Å². The van der Waals surface area contributed by atoms with Crippen molar-refractivity contribution in [3.8, 4) is 0 Å². The lowest BCUT2D eigenvalue weighted by Crippen LogP contribution is -2.57. The summed E-state index contributed by atoms with van der Waals surface area (Å²) in [5, 5.41) is 6.15. The Morgan fingerprint density at radius 2 is 2.00 bits per heavy atom. The standard InChI is InChI=1S/C18H22FN3O2.CH4S/c19-14-1-2-15-13(17(14)12-4-8-20-9-5-12)6-10-22(15)18(11-23)7-3-16(24)21-18;1-2/h1-2,11-12,20H,3-10H2,(H,21,24);2H,1H3. The Hall–Kier alpha value is -1.60. The van der Waals surface area contributed by atoms with Crippen LogP contribution in [0.4, 0.5) is 10.1 Å². The molecule has 1 atom stereocenters. The van der Waals surface area contributed by atoms with Gasteiger partial charge in [0, 0.05) is 25.1 Å². The number of amides is 1. The van der Waals surface area contributed by atoms with Crippen LogP contribution in [0, 0.1) is 5.82 Å². The van der Waals surface area contributed by atoms with Crippen LogP contribution >= 0.6 is 12.6 Å². The number of nitrogens with one attached hydrogen (secondary N) is 2. The molecule has 26 heavy (non-hydrogen) atoms. The number of rotatable bonds is 3. The molecule has 2 fully saturated rings. The normalized spacial score (nSPS) is 25.3. The zero-order valence-corrected chi connectivity index (χ0v) is 15.9. The Bertz CT molecular complexity index is 694. The summed E-state index contributed by atoms with van der Waals surface area (Å²) in [4.78, 5) is 25.4. The van der Waals surface area contributed by atoms with Crippen molar-refractivity contribution in [3.63, 3.8) is 0 Å². The van der Waals surface area contributed by atoms with E-state index >= 15 is 0 Å². The van der Waals surface area contributed by atoms with Gasteiger partial charge in [-0.05, 0) is 67.8 Å². The lowest BCUT2D eigenvalue weighted by atomic mass is 9.86. The molecule has 0 aromatic heterocycles. The second kappa shape index (κ2) is 7.96. The Morgan fingerprint density at radius 3 is 2.62 bits per heavy atom. The van der Waals surface area contributed by atoms with Gasteiger partial charge in [0.25, 0.3) is 0 Å². The van der Waals surface area contributed by atoms with E-state index in [0.717, 1.165) is 55.5 Å². The van der Waals surface area contributed by atoms with Crippen LogP contribution in [0.1, 0.15) is 42.7 Å². The molecule has 0 bridgehead atoms. The second-order valence-corrected chi connectivity index (χ2v) is 6.97. The minimum atomic E-state index is -0.967. The molecule has 3 heterocycles. The molecule has 1 aromatic rings. The number of piperidine rings is 1. The number of anilines is 1. The Morgan fingerprint density at radius 1 is 1.27 bits per heavy atom. The minimum Gasteiger partial charge on any atom is -0.342 e. The van der Waals surface area contributed by atoms with Crippen molar-refractivity contribution in [1.82, 2.24) is 10.6 Å². The number of fused-ring (bicyclic) bond motifs is 1. The number of hydrogen-bond donors (Lipinski definition) is 3. The van der Waals surface area contributed by atoms with Gasteiger partial charge in [0.1, 0.15) is 5.82 Å². The number of aldehydes is 1. The molecule has 0 aliphatic carbocycles. The second-order valence-electron chi connectivity index (χ2n) is 6.97. The van der Waals surface area contributed by atoms with E-state index in [4.69, 9.17) is 0 Å². The van der Waals surface area contributed by atoms with E-state index < -0.39 is 5.66 Å². The predicted octanol–water partition coefficient (Wildman–Crippen LogP) is 2.01. The summed E-state index contributed by atoms with van der Waals surface area (Å²) in [5.41, 5.74) is 1.77. The smallest absolute Gasteiger partial charge is 0.222 e. The van der Waals surface area contributed by atoms with Gasteiger partial charge in [0.05, 0.1) is 0 Å². The molecule has 4 rings (SSSR count). The zero-order chi connectivity index (χ0) is 18.7. The SMILES string of the molecule is CS.O=CC1(N2CCc3c2ccc(F)c3C2CCNCC2)CCC(=O)N1. The lowest BCUT2D eigenvalue weighted by Gasteiger charge is -2.36. The van der Waals surface area contributed by atoms with Gasteiger partial charge in [-0.2, -0.15) is 12.6 Å². The molecule has 3 aliphatic heterocycles. The molecule has 7 heteroatoms. The van der Waals surface area contributed by atoms with Crippen LogP contribution in [-0.4, -0.2) is 43.7 Å². The van der Waals surface area contributed by atoms with E-state index in [2.05, 4.69) is 23.3 Å². The molecular formula is C19H26FN3O2S. The zero-order valence-electron chi connectivity index (χ0n) is 15.1. The van der Waals surface area contributed by atoms with Gasteiger partial charge in [-0.1, -0.05) is 0 Å². The summed E-state index contributed by atoms with van der Waals surface area (Å²) >= 11 is 3.53. The van der Waals surface area contributed by atoms with Crippen LogP contribution in [0.3, 0.4) is 0 Å². The highest BCUT2D eigenvalue weighted by Crippen LogP contribution is 2.42. The maximum absolute atomic E-state index is 14.6. The van der Waals surface area contributed by atoms with Crippen molar-refractivity contribution in [1.29, 1.82) is 0 Å². The number of hydrogen-bond acceptors (Lipinski definition) is 5. The number of carbonyl (C=O) groups excluding carboxylic acids is 2. The van der Waals surface area contributed by atoms with E-state index in [1.807, 2.05) is 4.90 Å². The van der Waals surface area contributed by atoms with E-state index in [0.29, 0.717) is 19.4 Å². The van der Waals surface area contributed by atoms with Crippen LogP contribution in [0.2, 0.25) is 0 Å². The highest BCUT2D eigenvalue weighted by molar-refractivity contribution is 7.79. The Balaban J connectivity index is 0.000000948. The first-order valence-electron chi connectivity index (χ1n) is 9.16. The molecule has 142 valence electrons. The maximum atomic E-state index is 14.6. The molecule has 5 nitrogen and oxygen atoms in total. The van der Waals surface area contributed by atoms with Gasteiger partial charge in [-0.3, -0.25) is 9.59 Å². The average molecular weight is 380 g/mol. The van der Waals surface area contributed by atoms with Gasteiger partial charge in [0.2, 0.25) is 5.91 Å². The van der Waals surface area contributed by atoms with Crippen LogP contribution in [0.5, 0.6) is 0 Å². The largest absolute Gasteiger partial charge is 0.342 e. The third kappa shape index (κ3) is 3.22. The number of nitrogens with zero attached hydrogens (tertiary/aromatic N) is 1. The van der Waals surface area contributed by atoms with E-state index in [1.165, 1.54) is 6.07 Å². The number of halogens is 1. The van der Waals surface area contributed by atoms with Gasteiger partial charge in [-0.25, -0.2) is 4.39 Å². The molecule has 1 unspecified atom stereocenters. The van der Waals surface area contributed by atoms with Gasteiger partial charge in [-0.15, -0.1) is 0 Å². The summed E-state index contributed by atoms with van der Waals surface area (Å²) in [6, 6.07) is 3.28. The van der Waals surface area contributed by atoms with Crippen LogP contribution in [0.25, 0.3) is 0 Å². The quantitative estimate of drug-likeness (QED) is 0.555. The van der Waals surface area contributed by atoms with Crippen LogP contribution in [0.15, 0.2) is 12.1 Å². The Kier molecular flexibility index (Phi) is 5.87. The molecule has 3 aliphatic rings. The van der Waals surface area contributed by atoms with E-state index in [-0.39, 0.29) is 17.6 Å². The predicted molar refractivity (Wildman–Crippen MR) is 103 cm³/mol. The fourth-order valence-electron chi connectivity index (χ4n) is 4.48. The molecule has 1 aromatic carbocycles. The van der Waals surface area contributed by atoms with E-state index in [1.54, 1.807) is 12.3 Å². The molecule has 2 N–H and O–H groups in total. The van der Waals surface area contributed by atoms with Crippen molar-refractivity contribution >= 4 is 30.5 Å². The number of benzene rings is 1. The first kappa shape index (κ1) is 19.2. The van der Waals surface area contributed by atoms with Crippen molar-refractivity contribution < 1.29 is 14.0 Å². The summed E-state index contributed by atoms with van der Waals surface area (Å²) in [6.07, 6.45) is 5.94. The summed E-state index contributed by atoms with van der Waals surface area (Å²) < 4.78 is 14.6. The number of carbonyl (C=O) groups is 2. The third-order valence-corrected chi connectivity index (χ3v) is 5.67. The highest BCUT2D eigenvalue weighted by Gasteiger charge is 2.46. The first-order valence-corrected chi connectivity index (χ1v) is 10.1. The summed E-state index contributed by atoms with van der Waals surface area (Å²) in [6.45, 7) is 2.45. The van der Waals surface area contributed by atoms with E-state index in [9.17, 15) is 14.0 Å². The van der Waals surface area contributed by atoms with Gasteiger partial charge in [0.15, 0.2) is 11.9 Å². The molecule has 0 spiro atoms. The van der Waals surface area contributed by atoms with Crippen LogP contribution in [-0.2, 0) is 16.0 Å². The monoisotopic (exact) mass is 379 g/mol. The van der Waals surface area contributed by atoms with Gasteiger partial charge >= 0.3 is 0 Å². The minimum absolute atomic E-state index is 0.101. The maximum Gasteiger partial charge on any atom is 0.222 e. The molecular weight excluding hydrogens is 353 g/mol. The van der Waals surface area contributed by atoms with Crippen molar-refractivity contribution in [2.75, 3.05) is 30.8 Å². The molecule has 0 saturated carbocycles. The third-order valence-electron chi connectivity index (χ3n) is 5.67. The van der Waals surface area contributed by atoms with Crippen molar-refractivity contribution in [2.24, 2.45) is 0 Å². The highest BCUT2D eigenvalue weighted by atomic mass is 32.1. The van der Waals surface area contributed by atoms with Crippen molar-refractivity contribution in [3.05, 3.63) is 29.1 Å². The first-order chi connectivity index (χ1) is 12.6. The average Bonchev–Trinajstić information content (AvgIpc) is 3.28. The Labute approximate surface area is 159 Å². The number of thiol groups is 1. The fraction of sp³-hybridized carbons (Fsp3) is 0.579. The molecule has 1 amide bonds. The van der Waals surface area contributed by atoms with Crippen LogP contribution < -0.4 is 15.5 Å².